The summed E-state index contributed by atoms with van der Waals surface area (Å²) in [4.78, 5) is 45.2. The monoisotopic (exact) mass is 532 g/mol. The molecule has 0 fully saturated rings. The number of esters is 4. The SMILES string of the molecule is CC(C)(C)C(=O)OCC(COC(=O)C(C)(C)Cl)(COC(=O)C(C)(C)Cl)COC(=O)C(C)(C)Cl. The zero-order valence-electron chi connectivity index (χ0n) is 20.7. The Morgan fingerprint density at radius 3 is 0.879 bits per heavy atom. The molecule has 0 heterocycles. The Morgan fingerprint density at radius 1 is 0.485 bits per heavy atom. The van der Waals surface area contributed by atoms with Crippen molar-refractivity contribution in [3.05, 3.63) is 0 Å². The van der Waals surface area contributed by atoms with Gasteiger partial charge in [0.25, 0.3) is 0 Å². The first-order valence-corrected chi connectivity index (χ1v) is 11.4. The minimum absolute atomic E-state index is 0.398. The lowest BCUT2D eigenvalue weighted by molar-refractivity contribution is -0.175. The van der Waals surface area contributed by atoms with E-state index in [0.717, 1.165) is 0 Å². The minimum Gasteiger partial charge on any atom is -0.464 e. The predicted molar refractivity (Wildman–Crippen MR) is 126 cm³/mol. The molecule has 0 aliphatic heterocycles. The van der Waals surface area contributed by atoms with Crippen LogP contribution in [0.25, 0.3) is 0 Å². The highest BCUT2D eigenvalue weighted by Crippen LogP contribution is 2.28. The number of carbonyl (C=O) groups is 4. The maximum Gasteiger partial charge on any atom is 0.326 e. The van der Waals surface area contributed by atoms with Crippen molar-refractivity contribution in [2.24, 2.45) is 10.8 Å². The first-order chi connectivity index (χ1) is 14.5. The third kappa shape index (κ3) is 11.6. The van der Waals surface area contributed by atoms with E-state index in [1.165, 1.54) is 41.5 Å². The number of carbonyl (C=O) groups excluding carboxylic acids is 4. The van der Waals surface area contributed by atoms with Gasteiger partial charge in [0.05, 0.1) is 5.41 Å². The van der Waals surface area contributed by atoms with Gasteiger partial charge in [-0.25, -0.2) is 0 Å². The summed E-state index contributed by atoms with van der Waals surface area (Å²) >= 11 is 18.0. The van der Waals surface area contributed by atoms with Gasteiger partial charge in [0, 0.05) is 0 Å². The third-order valence-electron chi connectivity index (χ3n) is 4.11. The zero-order chi connectivity index (χ0) is 26.5. The largest absolute Gasteiger partial charge is 0.464 e. The molecule has 0 aliphatic carbocycles. The standard InChI is InChI=1S/C22H35Cl3O8/c1-18(2,3)14(26)30-10-22(11-31-15(27)19(4,5)23,12-32-16(28)20(6,7)24)13-33-17(29)21(8,9)25/h10-13H2,1-9H3. The summed E-state index contributed by atoms with van der Waals surface area (Å²) in [6.45, 7) is 11.8. The second kappa shape index (κ2) is 11.5. The average Bonchev–Trinajstić information content (AvgIpc) is 2.62. The molecule has 0 rings (SSSR count). The van der Waals surface area contributed by atoms with Crippen LogP contribution < -0.4 is 0 Å². The van der Waals surface area contributed by atoms with Crippen LogP contribution in [-0.4, -0.2) is 64.9 Å². The molecule has 0 aromatic rings. The van der Waals surface area contributed by atoms with Crippen molar-refractivity contribution in [1.82, 2.24) is 0 Å². The fourth-order valence-corrected chi connectivity index (χ4v) is 2.02. The first kappa shape index (κ1) is 31.8. The molecule has 0 unspecified atom stereocenters. The van der Waals surface area contributed by atoms with Gasteiger partial charge in [-0.05, 0) is 62.3 Å². The molecule has 0 N–H and O–H groups in total. The van der Waals surface area contributed by atoms with Crippen molar-refractivity contribution in [3.63, 3.8) is 0 Å². The Morgan fingerprint density at radius 2 is 0.697 bits per heavy atom. The Bertz CT molecular complexity index is 596. The molecule has 11 heteroatoms. The van der Waals surface area contributed by atoms with Gasteiger partial charge in [0.2, 0.25) is 0 Å². The summed E-state index contributed by atoms with van der Waals surface area (Å²) < 4.78 is 21.4. The van der Waals surface area contributed by atoms with E-state index in [4.69, 9.17) is 53.8 Å². The number of ether oxygens (including phenoxy) is 4. The van der Waals surface area contributed by atoms with Crippen LogP contribution in [0.4, 0.5) is 0 Å². The molecule has 0 saturated carbocycles. The summed E-state index contributed by atoms with van der Waals surface area (Å²) in [6.07, 6.45) is 0. The van der Waals surface area contributed by atoms with Gasteiger partial charge in [-0.2, -0.15) is 0 Å². The van der Waals surface area contributed by atoms with E-state index < -0.39 is 75.8 Å². The number of hydrogen-bond donors (Lipinski definition) is 0. The van der Waals surface area contributed by atoms with Crippen molar-refractivity contribution in [1.29, 1.82) is 0 Å². The summed E-state index contributed by atoms with van der Waals surface area (Å²) in [5, 5.41) is 0. The molecule has 192 valence electrons. The predicted octanol–water partition coefficient (Wildman–Crippen LogP) is 4.24. The normalized spacial score (nSPS) is 13.2. The van der Waals surface area contributed by atoms with Crippen molar-refractivity contribution < 1.29 is 38.1 Å². The number of alkyl halides is 3. The summed E-state index contributed by atoms with van der Waals surface area (Å²) in [6, 6.07) is 0. The number of rotatable bonds is 11. The van der Waals surface area contributed by atoms with Gasteiger partial charge in [-0.3, -0.25) is 19.2 Å². The van der Waals surface area contributed by atoms with E-state index in [1.54, 1.807) is 20.8 Å². The van der Waals surface area contributed by atoms with Crippen LogP contribution in [0.15, 0.2) is 0 Å². The second-order valence-electron chi connectivity index (χ2n) is 10.5. The molecular formula is C22H35Cl3O8. The van der Waals surface area contributed by atoms with Crippen molar-refractivity contribution in [3.8, 4) is 0 Å². The first-order valence-electron chi connectivity index (χ1n) is 10.3. The summed E-state index contributed by atoms with van der Waals surface area (Å²) in [5.74, 6) is -2.89. The molecule has 0 spiro atoms. The molecule has 0 aromatic heterocycles. The van der Waals surface area contributed by atoms with Gasteiger partial charge in [-0.1, -0.05) is 0 Å². The van der Waals surface area contributed by atoms with Crippen LogP contribution in [-0.2, 0) is 38.1 Å². The topological polar surface area (TPSA) is 105 Å². The average molecular weight is 534 g/mol. The molecule has 8 nitrogen and oxygen atoms in total. The van der Waals surface area contributed by atoms with E-state index in [1.807, 2.05) is 0 Å². The fraction of sp³-hybridized carbons (Fsp3) is 0.818. The Balaban J connectivity index is 6.00. The van der Waals surface area contributed by atoms with E-state index >= 15 is 0 Å². The molecular weight excluding hydrogens is 499 g/mol. The molecule has 0 aromatic carbocycles. The van der Waals surface area contributed by atoms with Crippen molar-refractivity contribution in [2.45, 2.75) is 76.9 Å². The molecule has 0 bridgehead atoms. The van der Waals surface area contributed by atoms with Gasteiger partial charge in [0.15, 0.2) is 0 Å². The summed E-state index contributed by atoms with van der Waals surface area (Å²) in [7, 11) is 0. The van der Waals surface area contributed by atoms with E-state index in [9.17, 15) is 19.2 Å². The molecule has 33 heavy (non-hydrogen) atoms. The zero-order valence-corrected chi connectivity index (χ0v) is 23.0. The maximum atomic E-state index is 12.4. The Hall–Kier alpha value is -1.25. The highest BCUT2D eigenvalue weighted by atomic mass is 35.5. The minimum atomic E-state index is -1.45. The lowest BCUT2D eigenvalue weighted by atomic mass is 9.91. The maximum absolute atomic E-state index is 12.4. The Labute approximate surface area is 210 Å². The summed E-state index contributed by atoms with van der Waals surface area (Å²) in [5.41, 5.74) is -2.29. The lowest BCUT2D eigenvalue weighted by Crippen LogP contribution is -2.47. The smallest absolute Gasteiger partial charge is 0.326 e. The molecule has 0 amide bonds. The van der Waals surface area contributed by atoms with Gasteiger partial charge >= 0.3 is 23.9 Å². The van der Waals surface area contributed by atoms with Crippen molar-refractivity contribution >= 4 is 58.7 Å². The van der Waals surface area contributed by atoms with Crippen molar-refractivity contribution in [2.75, 3.05) is 26.4 Å². The Kier molecular flexibility index (Phi) is 11.0. The molecule has 0 radical (unpaired) electrons. The van der Waals surface area contributed by atoms with Crippen LogP contribution in [0.2, 0.25) is 0 Å². The van der Waals surface area contributed by atoms with Crippen LogP contribution in [0.3, 0.4) is 0 Å². The van der Waals surface area contributed by atoms with E-state index in [2.05, 4.69) is 0 Å². The van der Waals surface area contributed by atoms with Crippen LogP contribution in [0, 0.1) is 10.8 Å². The highest BCUT2D eigenvalue weighted by molar-refractivity contribution is 6.34. The third-order valence-corrected chi connectivity index (χ3v) is 4.57. The quantitative estimate of drug-likeness (QED) is 0.221. The molecule has 0 saturated heterocycles. The van der Waals surface area contributed by atoms with Gasteiger partial charge < -0.3 is 18.9 Å². The van der Waals surface area contributed by atoms with Gasteiger partial charge in [-0.15, -0.1) is 34.8 Å². The molecule has 0 atom stereocenters. The fourth-order valence-electron chi connectivity index (χ4n) is 1.86. The second-order valence-corrected chi connectivity index (χ2v) is 13.3. The van der Waals surface area contributed by atoms with E-state index in [-0.39, 0.29) is 0 Å². The van der Waals surface area contributed by atoms with E-state index in [0.29, 0.717) is 0 Å². The van der Waals surface area contributed by atoms with Crippen LogP contribution in [0.5, 0.6) is 0 Å². The molecule has 0 aliphatic rings. The van der Waals surface area contributed by atoms with Gasteiger partial charge in [0.1, 0.15) is 46.5 Å². The lowest BCUT2D eigenvalue weighted by Gasteiger charge is -2.34. The van der Waals surface area contributed by atoms with Crippen LogP contribution >= 0.6 is 34.8 Å². The van der Waals surface area contributed by atoms with Crippen LogP contribution in [0.1, 0.15) is 62.3 Å². The number of hydrogen-bond acceptors (Lipinski definition) is 8. The number of halogens is 3. The highest BCUT2D eigenvalue weighted by Gasteiger charge is 2.42.